The van der Waals surface area contributed by atoms with Crippen LogP contribution in [-0.2, 0) is 6.42 Å². The second kappa shape index (κ2) is 8.47. The second-order valence-electron chi connectivity index (χ2n) is 6.66. The molecule has 6 heteroatoms. The van der Waals surface area contributed by atoms with Crippen LogP contribution in [0.1, 0.15) is 26.1 Å². The summed E-state index contributed by atoms with van der Waals surface area (Å²) in [7, 11) is 0. The Morgan fingerprint density at radius 2 is 1.85 bits per heavy atom. The molecule has 0 bridgehead atoms. The molecule has 0 atom stereocenters. The maximum atomic E-state index is 11.9. The number of fused-ring (bicyclic) bond motifs is 1. The van der Waals surface area contributed by atoms with Crippen molar-refractivity contribution in [1.29, 1.82) is 0 Å². The predicted molar refractivity (Wildman–Crippen MR) is 103 cm³/mol. The average molecular weight is 351 g/mol. The van der Waals surface area contributed by atoms with Crippen LogP contribution in [0.4, 0.5) is 4.79 Å². The largest absolute Gasteiger partial charge is 0.338 e. The van der Waals surface area contributed by atoms with E-state index in [0.29, 0.717) is 25.4 Å². The van der Waals surface area contributed by atoms with Crippen LogP contribution < -0.4 is 10.6 Å². The molecule has 6 nitrogen and oxygen atoms in total. The molecule has 1 aromatic carbocycles. The fourth-order valence-corrected chi connectivity index (χ4v) is 2.80. The van der Waals surface area contributed by atoms with Crippen molar-refractivity contribution in [1.82, 2.24) is 25.2 Å². The number of imidazole rings is 1. The predicted octanol–water partition coefficient (Wildman–Crippen LogP) is 3.31. The second-order valence-corrected chi connectivity index (χ2v) is 6.66. The maximum Gasteiger partial charge on any atom is 0.314 e. The van der Waals surface area contributed by atoms with E-state index in [1.807, 2.05) is 47.0 Å². The van der Waals surface area contributed by atoms with Gasteiger partial charge in [0.25, 0.3) is 0 Å². The van der Waals surface area contributed by atoms with Gasteiger partial charge in [-0.25, -0.2) is 14.8 Å². The minimum Gasteiger partial charge on any atom is -0.338 e. The summed E-state index contributed by atoms with van der Waals surface area (Å²) in [4.78, 5) is 21.1. The third kappa shape index (κ3) is 4.39. The number of nitrogens with zero attached hydrogens (tertiary/aromatic N) is 3. The number of hydrogen-bond acceptors (Lipinski definition) is 3. The van der Waals surface area contributed by atoms with Crippen LogP contribution in [-0.4, -0.2) is 33.7 Å². The first-order valence-corrected chi connectivity index (χ1v) is 9.04. The Morgan fingerprint density at radius 3 is 2.62 bits per heavy atom. The van der Waals surface area contributed by atoms with Crippen LogP contribution in [0.2, 0.25) is 0 Å². The summed E-state index contributed by atoms with van der Waals surface area (Å²) in [5.41, 5.74) is 2.70. The van der Waals surface area contributed by atoms with E-state index < -0.39 is 0 Å². The Balaban J connectivity index is 1.69. The molecular formula is C20H25N5O. The summed E-state index contributed by atoms with van der Waals surface area (Å²) in [6.45, 7) is 5.49. The van der Waals surface area contributed by atoms with Crippen molar-refractivity contribution in [3.05, 3.63) is 54.5 Å². The van der Waals surface area contributed by atoms with E-state index in [4.69, 9.17) is 4.98 Å². The quantitative estimate of drug-likeness (QED) is 0.686. The lowest BCUT2D eigenvalue weighted by atomic mass is 10.1. The number of carbonyl (C=O) groups is 1. The number of hydrogen-bond donors (Lipinski definition) is 2. The highest BCUT2D eigenvalue weighted by molar-refractivity contribution is 5.74. The van der Waals surface area contributed by atoms with Gasteiger partial charge in [0.1, 0.15) is 11.3 Å². The number of amides is 2. The SMILES string of the molecule is CC(C)CCNC(=O)NCCc1nc2cccnc2n1-c1ccccc1. The number of nitrogens with one attached hydrogen (secondary N) is 2. The molecule has 136 valence electrons. The Morgan fingerprint density at radius 1 is 1.08 bits per heavy atom. The minimum atomic E-state index is -0.133. The van der Waals surface area contributed by atoms with Crippen molar-refractivity contribution < 1.29 is 4.79 Å². The fraction of sp³-hybridized carbons (Fsp3) is 0.350. The van der Waals surface area contributed by atoms with E-state index in [0.717, 1.165) is 29.1 Å². The average Bonchev–Trinajstić information content (AvgIpc) is 3.00. The van der Waals surface area contributed by atoms with Gasteiger partial charge in [0, 0.05) is 31.4 Å². The molecule has 0 saturated carbocycles. The van der Waals surface area contributed by atoms with Crippen molar-refractivity contribution in [2.45, 2.75) is 26.7 Å². The number of aromatic nitrogens is 3. The number of carbonyl (C=O) groups excluding carboxylic acids is 1. The molecule has 0 unspecified atom stereocenters. The summed E-state index contributed by atoms with van der Waals surface area (Å²) in [5, 5.41) is 5.79. The molecule has 0 fully saturated rings. The van der Waals surface area contributed by atoms with Crippen molar-refractivity contribution in [3.8, 4) is 5.69 Å². The van der Waals surface area contributed by atoms with Crippen LogP contribution in [0.15, 0.2) is 48.7 Å². The van der Waals surface area contributed by atoms with Crippen molar-refractivity contribution >= 4 is 17.2 Å². The van der Waals surface area contributed by atoms with Gasteiger partial charge in [-0.3, -0.25) is 4.57 Å². The molecule has 0 aliphatic carbocycles. The molecule has 0 aliphatic rings. The lowest BCUT2D eigenvalue weighted by Gasteiger charge is -2.10. The van der Waals surface area contributed by atoms with Crippen LogP contribution in [0, 0.1) is 5.92 Å². The van der Waals surface area contributed by atoms with Crippen LogP contribution >= 0.6 is 0 Å². The Kier molecular flexibility index (Phi) is 5.84. The monoisotopic (exact) mass is 351 g/mol. The molecule has 2 N–H and O–H groups in total. The highest BCUT2D eigenvalue weighted by atomic mass is 16.2. The first-order valence-electron chi connectivity index (χ1n) is 9.04. The van der Waals surface area contributed by atoms with Crippen LogP contribution in [0.3, 0.4) is 0 Å². The molecule has 0 aliphatic heterocycles. The number of rotatable bonds is 7. The van der Waals surface area contributed by atoms with Gasteiger partial charge in [-0.05, 0) is 36.6 Å². The van der Waals surface area contributed by atoms with Gasteiger partial charge in [0.05, 0.1) is 0 Å². The van der Waals surface area contributed by atoms with E-state index >= 15 is 0 Å². The molecule has 2 aromatic heterocycles. The topological polar surface area (TPSA) is 71.8 Å². The summed E-state index contributed by atoms with van der Waals surface area (Å²) < 4.78 is 2.05. The Bertz CT molecular complexity index is 857. The van der Waals surface area contributed by atoms with Gasteiger partial charge in [0.15, 0.2) is 5.65 Å². The number of pyridine rings is 1. The Hall–Kier alpha value is -2.89. The zero-order chi connectivity index (χ0) is 18.4. The van der Waals surface area contributed by atoms with Gasteiger partial charge in [-0.15, -0.1) is 0 Å². The summed E-state index contributed by atoms with van der Waals surface area (Å²) in [5.74, 6) is 1.46. The van der Waals surface area contributed by atoms with Crippen LogP contribution in [0.25, 0.3) is 16.9 Å². The summed E-state index contributed by atoms with van der Waals surface area (Å²) in [6, 6.07) is 13.7. The van der Waals surface area contributed by atoms with Crippen molar-refractivity contribution in [3.63, 3.8) is 0 Å². The zero-order valence-corrected chi connectivity index (χ0v) is 15.3. The minimum absolute atomic E-state index is 0.133. The van der Waals surface area contributed by atoms with Gasteiger partial charge in [-0.2, -0.15) is 0 Å². The molecule has 2 amide bonds. The number of urea groups is 1. The highest BCUT2D eigenvalue weighted by Crippen LogP contribution is 2.19. The first-order chi connectivity index (χ1) is 12.6. The first kappa shape index (κ1) is 17.9. The molecule has 0 spiro atoms. The van der Waals surface area contributed by atoms with E-state index in [2.05, 4.69) is 29.5 Å². The van der Waals surface area contributed by atoms with E-state index in [9.17, 15) is 4.79 Å². The van der Waals surface area contributed by atoms with Gasteiger partial charge < -0.3 is 10.6 Å². The smallest absolute Gasteiger partial charge is 0.314 e. The number of para-hydroxylation sites is 1. The van der Waals surface area contributed by atoms with Crippen molar-refractivity contribution in [2.75, 3.05) is 13.1 Å². The third-order valence-electron chi connectivity index (χ3n) is 4.14. The molecule has 26 heavy (non-hydrogen) atoms. The third-order valence-corrected chi connectivity index (χ3v) is 4.14. The maximum absolute atomic E-state index is 11.9. The van der Waals surface area contributed by atoms with Gasteiger partial charge in [-0.1, -0.05) is 32.0 Å². The number of benzene rings is 1. The van der Waals surface area contributed by atoms with Crippen LogP contribution in [0.5, 0.6) is 0 Å². The fourth-order valence-electron chi connectivity index (χ4n) is 2.80. The Labute approximate surface area is 153 Å². The van der Waals surface area contributed by atoms with Crippen molar-refractivity contribution in [2.24, 2.45) is 5.92 Å². The summed E-state index contributed by atoms with van der Waals surface area (Å²) >= 11 is 0. The molecule has 2 heterocycles. The van der Waals surface area contributed by atoms with E-state index in [1.54, 1.807) is 6.20 Å². The lowest BCUT2D eigenvalue weighted by molar-refractivity contribution is 0.240. The lowest BCUT2D eigenvalue weighted by Crippen LogP contribution is -2.37. The zero-order valence-electron chi connectivity index (χ0n) is 15.3. The van der Waals surface area contributed by atoms with E-state index in [-0.39, 0.29) is 6.03 Å². The molecule has 0 radical (unpaired) electrons. The standard InChI is InChI=1S/C20H25N5O/c1-15(2)10-13-22-20(26)23-14-11-18-24-17-9-6-12-21-19(17)25(18)16-7-4-3-5-8-16/h3-9,12,15H,10-11,13-14H2,1-2H3,(H2,22,23,26). The molecule has 0 saturated heterocycles. The molecule has 3 aromatic rings. The van der Waals surface area contributed by atoms with E-state index in [1.165, 1.54) is 0 Å². The summed E-state index contributed by atoms with van der Waals surface area (Å²) in [6.07, 6.45) is 3.37. The normalized spacial score (nSPS) is 11.0. The van der Waals surface area contributed by atoms with Gasteiger partial charge >= 0.3 is 6.03 Å². The van der Waals surface area contributed by atoms with Gasteiger partial charge in [0.2, 0.25) is 0 Å². The molecule has 3 rings (SSSR count). The molecular weight excluding hydrogens is 326 g/mol. The highest BCUT2D eigenvalue weighted by Gasteiger charge is 2.13.